The van der Waals surface area contributed by atoms with Crippen molar-refractivity contribution in [1.82, 2.24) is 0 Å². The van der Waals surface area contributed by atoms with Crippen LogP contribution in [0.4, 0.5) is 0 Å². The first-order chi connectivity index (χ1) is 6.31. The number of nitrogens with zero attached hydrogens (tertiary/aromatic N) is 1. The third-order valence-corrected chi connectivity index (χ3v) is 3.03. The molecule has 1 N–H and O–H groups in total. The van der Waals surface area contributed by atoms with Gasteiger partial charge in [0.1, 0.15) is 0 Å². The Morgan fingerprint density at radius 1 is 1.31 bits per heavy atom. The highest BCUT2D eigenvalue weighted by Gasteiger charge is 2.15. The Labute approximate surface area is 90.8 Å². The molecule has 0 fully saturated rings. The van der Waals surface area contributed by atoms with Gasteiger partial charge in [0.2, 0.25) is 0 Å². The summed E-state index contributed by atoms with van der Waals surface area (Å²) in [5.41, 5.74) is 3.26. The number of fused-ring (bicyclic) bond motifs is 1. The predicted molar refractivity (Wildman–Crippen MR) is 60.4 cm³/mol. The Balaban J connectivity index is 2.52. The van der Waals surface area contributed by atoms with E-state index in [0.717, 1.165) is 30.5 Å². The molecule has 1 aliphatic carbocycles. The van der Waals surface area contributed by atoms with Gasteiger partial charge in [-0.25, -0.2) is 0 Å². The van der Waals surface area contributed by atoms with Gasteiger partial charge in [-0.2, -0.15) is 0 Å². The molecule has 0 radical (unpaired) electrons. The highest BCUT2D eigenvalue weighted by Crippen LogP contribution is 2.23. The van der Waals surface area contributed by atoms with Gasteiger partial charge in [0, 0.05) is 9.13 Å². The number of halogens is 1. The summed E-state index contributed by atoms with van der Waals surface area (Å²) in [6.45, 7) is 0. The zero-order valence-electron chi connectivity index (χ0n) is 7.13. The van der Waals surface area contributed by atoms with E-state index < -0.39 is 0 Å². The summed E-state index contributed by atoms with van der Waals surface area (Å²) < 4.78 is 1.25. The molecule has 0 atom stereocenters. The summed E-state index contributed by atoms with van der Waals surface area (Å²) in [4.78, 5) is 0. The number of benzene rings is 1. The lowest BCUT2D eigenvalue weighted by atomic mass is 9.90. The number of hydrogen-bond acceptors (Lipinski definition) is 2. The van der Waals surface area contributed by atoms with Crippen LogP contribution >= 0.6 is 22.6 Å². The molecule has 0 unspecified atom stereocenters. The molecular weight excluding hydrogens is 277 g/mol. The van der Waals surface area contributed by atoms with Crippen molar-refractivity contribution in [2.45, 2.75) is 19.3 Å². The molecule has 0 aromatic heterocycles. The van der Waals surface area contributed by atoms with Crippen molar-refractivity contribution < 1.29 is 5.21 Å². The number of aryl methyl sites for hydroxylation is 1. The predicted octanol–water partition coefficient (Wildman–Crippen LogP) is 2.81. The molecule has 0 aliphatic heterocycles. The molecule has 1 aromatic rings. The third-order valence-electron chi connectivity index (χ3n) is 2.36. The Kier molecular flexibility index (Phi) is 2.53. The molecule has 2 nitrogen and oxygen atoms in total. The minimum Gasteiger partial charge on any atom is -0.411 e. The van der Waals surface area contributed by atoms with Crippen LogP contribution in [0.2, 0.25) is 0 Å². The summed E-state index contributed by atoms with van der Waals surface area (Å²) in [6.07, 6.45) is 3.09. The van der Waals surface area contributed by atoms with Crippen LogP contribution in [0.1, 0.15) is 24.0 Å². The van der Waals surface area contributed by atoms with E-state index in [-0.39, 0.29) is 0 Å². The maximum absolute atomic E-state index is 8.79. The summed E-state index contributed by atoms with van der Waals surface area (Å²) in [5, 5.41) is 12.1. The standard InChI is InChI=1S/C10H10INO/c11-8-4-5-9-7(6-8)2-1-3-10(9)12-13/h4-6,13H,1-3H2/b12-10+. The van der Waals surface area contributed by atoms with Crippen molar-refractivity contribution in [2.24, 2.45) is 5.16 Å². The molecule has 0 bridgehead atoms. The third kappa shape index (κ3) is 1.70. The first-order valence-electron chi connectivity index (χ1n) is 4.31. The molecular formula is C10H10INO. The van der Waals surface area contributed by atoms with Gasteiger partial charge in [-0.1, -0.05) is 11.2 Å². The van der Waals surface area contributed by atoms with Crippen LogP contribution in [-0.4, -0.2) is 10.9 Å². The second-order valence-electron chi connectivity index (χ2n) is 3.20. The Morgan fingerprint density at radius 2 is 2.15 bits per heavy atom. The molecule has 2 rings (SSSR count). The van der Waals surface area contributed by atoms with E-state index in [0.29, 0.717) is 0 Å². The fraction of sp³-hybridized carbons (Fsp3) is 0.300. The molecule has 1 aromatic carbocycles. The van der Waals surface area contributed by atoms with E-state index in [1.54, 1.807) is 0 Å². The van der Waals surface area contributed by atoms with Gasteiger partial charge in [-0.05, 0) is 59.5 Å². The van der Waals surface area contributed by atoms with Gasteiger partial charge < -0.3 is 5.21 Å². The SMILES string of the molecule is O/N=C1\CCCc2cc(I)ccc21. The molecule has 0 spiro atoms. The minimum atomic E-state index is 0.831. The van der Waals surface area contributed by atoms with Crippen LogP contribution in [-0.2, 0) is 6.42 Å². The number of rotatable bonds is 0. The Hall–Kier alpha value is -0.580. The number of oxime groups is 1. The molecule has 13 heavy (non-hydrogen) atoms. The van der Waals surface area contributed by atoms with Crippen LogP contribution in [0, 0.1) is 3.57 Å². The zero-order valence-corrected chi connectivity index (χ0v) is 9.28. The lowest BCUT2D eigenvalue weighted by Crippen LogP contribution is -2.11. The van der Waals surface area contributed by atoms with E-state index in [1.807, 2.05) is 6.07 Å². The lowest BCUT2D eigenvalue weighted by Gasteiger charge is -2.16. The smallest absolute Gasteiger partial charge is 0.0870 e. The monoisotopic (exact) mass is 287 g/mol. The molecule has 0 heterocycles. The Bertz CT molecular complexity index is 360. The summed E-state index contributed by atoms with van der Waals surface area (Å²) in [6, 6.07) is 6.27. The van der Waals surface area contributed by atoms with Crippen molar-refractivity contribution >= 4 is 28.3 Å². The molecule has 0 saturated heterocycles. The van der Waals surface area contributed by atoms with E-state index in [2.05, 4.69) is 39.9 Å². The summed E-state index contributed by atoms with van der Waals surface area (Å²) >= 11 is 2.30. The van der Waals surface area contributed by atoms with Crippen molar-refractivity contribution in [2.75, 3.05) is 0 Å². The Morgan fingerprint density at radius 3 is 2.92 bits per heavy atom. The average Bonchev–Trinajstić information content (AvgIpc) is 2.16. The quantitative estimate of drug-likeness (QED) is 0.444. The van der Waals surface area contributed by atoms with Crippen molar-refractivity contribution in [3.05, 3.63) is 32.9 Å². The van der Waals surface area contributed by atoms with Gasteiger partial charge in [-0.15, -0.1) is 0 Å². The van der Waals surface area contributed by atoms with Gasteiger partial charge >= 0.3 is 0 Å². The maximum Gasteiger partial charge on any atom is 0.0870 e. The normalized spacial score (nSPS) is 18.7. The molecule has 1 aliphatic rings. The molecule has 68 valence electrons. The van der Waals surface area contributed by atoms with Crippen LogP contribution < -0.4 is 0 Å². The number of hydrogen-bond donors (Lipinski definition) is 1. The molecule has 0 saturated carbocycles. The fourth-order valence-corrected chi connectivity index (χ4v) is 2.29. The first-order valence-corrected chi connectivity index (χ1v) is 5.39. The van der Waals surface area contributed by atoms with Crippen molar-refractivity contribution in [1.29, 1.82) is 0 Å². The largest absolute Gasteiger partial charge is 0.411 e. The first kappa shape index (κ1) is 8.99. The fourth-order valence-electron chi connectivity index (χ4n) is 1.74. The molecule has 0 amide bonds. The van der Waals surface area contributed by atoms with Gasteiger partial charge in [0.15, 0.2) is 0 Å². The zero-order chi connectivity index (χ0) is 9.26. The second kappa shape index (κ2) is 3.65. The van der Waals surface area contributed by atoms with Crippen LogP contribution in [0.15, 0.2) is 23.4 Å². The van der Waals surface area contributed by atoms with Gasteiger partial charge in [-0.3, -0.25) is 0 Å². The van der Waals surface area contributed by atoms with E-state index in [9.17, 15) is 0 Å². The van der Waals surface area contributed by atoms with E-state index in [1.165, 1.54) is 9.13 Å². The van der Waals surface area contributed by atoms with Gasteiger partial charge in [0.05, 0.1) is 5.71 Å². The second-order valence-corrected chi connectivity index (χ2v) is 4.45. The van der Waals surface area contributed by atoms with Crippen LogP contribution in [0.3, 0.4) is 0 Å². The summed E-state index contributed by atoms with van der Waals surface area (Å²) in [7, 11) is 0. The van der Waals surface area contributed by atoms with Crippen LogP contribution in [0.5, 0.6) is 0 Å². The lowest BCUT2D eigenvalue weighted by molar-refractivity contribution is 0.317. The van der Waals surface area contributed by atoms with Crippen LogP contribution in [0.25, 0.3) is 0 Å². The average molecular weight is 287 g/mol. The highest BCUT2D eigenvalue weighted by molar-refractivity contribution is 14.1. The van der Waals surface area contributed by atoms with Crippen molar-refractivity contribution in [3.8, 4) is 0 Å². The highest BCUT2D eigenvalue weighted by atomic mass is 127. The van der Waals surface area contributed by atoms with E-state index >= 15 is 0 Å². The molecule has 3 heteroatoms. The van der Waals surface area contributed by atoms with E-state index in [4.69, 9.17) is 5.21 Å². The van der Waals surface area contributed by atoms with Crippen molar-refractivity contribution in [3.63, 3.8) is 0 Å². The maximum atomic E-state index is 8.79. The summed E-state index contributed by atoms with van der Waals surface area (Å²) in [5.74, 6) is 0. The minimum absolute atomic E-state index is 0.831. The van der Waals surface area contributed by atoms with Gasteiger partial charge in [0.25, 0.3) is 0 Å². The topological polar surface area (TPSA) is 32.6 Å².